The van der Waals surface area contributed by atoms with Crippen molar-refractivity contribution in [1.82, 2.24) is 29.7 Å². The summed E-state index contributed by atoms with van der Waals surface area (Å²) in [6.45, 7) is 7.91. The summed E-state index contributed by atoms with van der Waals surface area (Å²) >= 11 is 0. The van der Waals surface area contributed by atoms with Crippen LogP contribution in [-0.2, 0) is 18.4 Å². The lowest BCUT2D eigenvalue weighted by Gasteiger charge is -2.42. The maximum Gasteiger partial charge on any atom is 0.243 e. The second kappa shape index (κ2) is 8.95. The van der Waals surface area contributed by atoms with Crippen molar-refractivity contribution in [2.75, 3.05) is 33.8 Å². The fourth-order valence-corrected chi connectivity index (χ4v) is 4.11. The summed E-state index contributed by atoms with van der Waals surface area (Å²) in [5.41, 5.74) is 1.31. The molecule has 150 valence electrons. The highest BCUT2D eigenvalue weighted by Gasteiger charge is 2.34. The van der Waals surface area contributed by atoms with Gasteiger partial charge >= 0.3 is 0 Å². The molecule has 1 saturated heterocycles. The van der Waals surface area contributed by atoms with Crippen LogP contribution in [0.15, 0.2) is 16.9 Å². The van der Waals surface area contributed by atoms with Crippen molar-refractivity contribution in [3.63, 3.8) is 0 Å². The molecule has 27 heavy (non-hydrogen) atoms. The van der Waals surface area contributed by atoms with Crippen LogP contribution >= 0.6 is 0 Å². The van der Waals surface area contributed by atoms with Crippen LogP contribution in [0.2, 0.25) is 0 Å². The summed E-state index contributed by atoms with van der Waals surface area (Å²) < 4.78 is 12.4. The van der Waals surface area contributed by atoms with Crippen LogP contribution in [0, 0.1) is 5.92 Å². The number of nitrogens with zero attached hydrogens (tertiary/aromatic N) is 6. The standard InChI is InChI=1S/C19H32N6O2/c1-6-25-9-7-8-15(18(25)16-10-20-24(4)12-16)11-23(3)14(2)19-21-17(13-26-5)22-27-19/h10,12,14-15,18H,6-9,11,13H2,1-5H3/t14-,15+,18-/m1/s1. The summed E-state index contributed by atoms with van der Waals surface area (Å²) in [6, 6.07) is 0.466. The number of rotatable bonds is 8. The second-order valence-corrected chi connectivity index (χ2v) is 7.52. The summed E-state index contributed by atoms with van der Waals surface area (Å²) in [4.78, 5) is 9.35. The minimum atomic E-state index is 0.0645. The Kier molecular flexibility index (Phi) is 6.62. The van der Waals surface area contributed by atoms with Gasteiger partial charge in [-0.15, -0.1) is 0 Å². The molecule has 0 saturated carbocycles. The van der Waals surface area contributed by atoms with Gasteiger partial charge < -0.3 is 9.26 Å². The Bertz CT molecular complexity index is 715. The molecule has 3 atom stereocenters. The minimum Gasteiger partial charge on any atom is -0.377 e. The highest BCUT2D eigenvalue weighted by molar-refractivity contribution is 5.13. The van der Waals surface area contributed by atoms with Crippen LogP contribution in [0.4, 0.5) is 0 Å². The first-order valence-corrected chi connectivity index (χ1v) is 9.77. The van der Waals surface area contributed by atoms with Crippen molar-refractivity contribution in [3.05, 3.63) is 29.7 Å². The molecule has 0 aromatic carbocycles. The lowest BCUT2D eigenvalue weighted by Crippen LogP contribution is -2.43. The monoisotopic (exact) mass is 376 g/mol. The van der Waals surface area contributed by atoms with Crippen LogP contribution in [0.3, 0.4) is 0 Å². The van der Waals surface area contributed by atoms with E-state index in [1.54, 1.807) is 7.11 Å². The second-order valence-electron chi connectivity index (χ2n) is 7.52. The van der Waals surface area contributed by atoms with E-state index >= 15 is 0 Å². The first-order valence-electron chi connectivity index (χ1n) is 9.77. The van der Waals surface area contributed by atoms with Gasteiger partial charge in [-0.3, -0.25) is 14.5 Å². The maximum atomic E-state index is 5.44. The molecule has 1 fully saturated rings. The van der Waals surface area contributed by atoms with Gasteiger partial charge in [0.05, 0.1) is 12.2 Å². The van der Waals surface area contributed by atoms with Gasteiger partial charge in [-0.05, 0) is 45.8 Å². The molecule has 2 aromatic rings. The predicted molar refractivity (Wildman–Crippen MR) is 102 cm³/mol. The number of aryl methyl sites for hydroxylation is 1. The van der Waals surface area contributed by atoms with E-state index in [-0.39, 0.29) is 6.04 Å². The predicted octanol–water partition coefficient (Wildman–Crippen LogP) is 2.42. The Hall–Kier alpha value is -1.77. The van der Waals surface area contributed by atoms with E-state index < -0.39 is 0 Å². The highest BCUT2D eigenvalue weighted by Crippen LogP contribution is 2.37. The molecule has 3 heterocycles. The van der Waals surface area contributed by atoms with Crippen LogP contribution in [0.5, 0.6) is 0 Å². The molecule has 1 aliphatic rings. The summed E-state index contributed by atoms with van der Waals surface area (Å²) in [5, 5.41) is 8.40. The number of aromatic nitrogens is 4. The van der Waals surface area contributed by atoms with Gasteiger partial charge in [0.25, 0.3) is 0 Å². The Morgan fingerprint density at radius 3 is 2.93 bits per heavy atom. The molecule has 0 N–H and O–H groups in total. The van der Waals surface area contributed by atoms with E-state index in [2.05, 4.69) is 52.1 Å². The molecule has 0 bridgehead atoms. The van der Waals surface area contributed by atoms with Crippen molar-refractivity contribution >= 4 is 0 Å². The average Bonchev–Trinajstić information content (AvgIpc) is 3.30. The number of likely N-dealkylation sites (tertiary alicyclic amines) is 1. The Balaban J connectivity index is 1.72. The lowest BCUT2D eigenvalue weighted by molar-refractivity contribution is 0.0638. The molecular weight excluding hydrogens is 344 g/mol. The quantitative estimate of drug-likeness (QED) is 0.700. The van der Waals surface area contributed by atoms with Crippen molar-refractivity contribution in [2.45, 2.75) is 45.4 Å². The third-order valence-electron chi connectivity index (χ3n) is 5.63. The van der Waals surface area contributed by atoms with Crippen LogP contribution < -0.4 is 0 Å². The smallest absolute Gasteiger partial charge is 0.243 e. The van der Waals surface area contributed by atoms with Gasteiger partial charge in [-0.25, -0.2) is 0 Å². The highest BCUT2D eigenvalue weighted by atomic mass is 16.5. The Morgan fingerprint density at radius 2 is 2.26 bits per heavy atom. The molecule has 8 heteroatoms. The van der Waals surface area contributed by atoms with Gasteiger partial charge in [0.2, 0.25) is 5.89 Å². The lowest BCUT2D eigenvalue weighted by atomic mass is 9.85. The molecule has 0 radical (unpaired) electrons. The van der Waals surface area contributed by atoms with Crippen LogP contribution in [0.1, 0.15) is 56.1 Å². The number of hydrogen-bond acceptors (Lipinski definition) is 7. The number of methoxy groups -OCH3 is 1. The first-order chi connectivity index (χ1) is 13.0. The fraction of sp³-hybridized carbons (Fsp3) is 0.737. The minimum absolute atomic E-state index is 0.0645. The maximum absolute atomic E-state index is 5.44. The SMILES string of the molecule is CCN1CCC[C@@H](CN(C)[C@H](C)c2nc(COC)no2)[C@@H]1c1cnn(C)c1. The molecule has 8 nitrogen and oxygen atoms in total. The summed E-state index contributed by atoms with van der Waals surface area (Å²) in [5.74, 6) is 1.78. The zero-order valence-corrected chi connectivity index (χ0v) is 17.1. The topological polar surface area (TPSA) is 72.5 Å². The molecular formula is C19H32N6O2. The van der Waals surface area contributed by atoms with E-state index in [0.29, 0.717) is 30.3 Å². The third-order valence-corrected chi connectivity index (χ3v) is 5.63. The van der Waals surface area contributed by atoms with E-state index in [9.17, 15) is 0 Å². The average molecular weight is 377 g/mol. The van der Waals surface area contributed by atoms with Gasteiger partial charge in [0.15, 0.2) is 5.82 Å². The first kappa shape index (κ1) is 20.0. The van der Waals surface area contributed by atoms with E-state index in [4.69, 9.17) is 9.26 Å². The molecule has 0 aliphatic carbocycles. The Morgan fingerprint density at radius 1 is 1.44 bits per heavy atom. The van der Waals surface area contributed by atoms with Crippen molar-refractivity contribution in [3.8, 4) is 0 Å². The Labute approximate surface area is 161 Å². The van der Waals surface area contributed by atoms with E-state index in [0.717, 1.165) is 19.6 Å². The zero-order valence-electron chi connectivity index (χ0n) is 17.1. The number of ether oxygens (including phenoxy) is 1. The molecule has 3 rings (SSSR count). The van der Waals surface area contributed by atoms with Gasteiger partial charge in [0, 0.05) is 38.5 Å². The molecule has 0 unspecified atom stereocenters. The largest absolute Gasteiger partial charge is 0.377 e. The molecule has 0 amide bonds. The van der Waals surface area contributed by atoms with E-state index in [1.807, 2.05) is 17.9 Å². The number of hydrogen-bond donors (Lipinski definition) is 0. The van der Waals surface area contributed by atoms with Crippen molar-refractivity contribution < 1.29 is 9.26 Å². The fourth-order valence-electron chi connectivity index (χ4n) is 4.11. The van der Waals surface area contributed by atoms with Crippen molar-refractivity contribution in [1.29, 1.82) is 0 Å². The summed E-state index contributed by atoms with van der Waals surface area (Å²) in [7, 11) is 5.75. The van der Waals surface area contributed by atoms with Gasteiger partial charge in [-0.2, -0.15) is 10.1 Å². The zero-order chi connectivity index (χ0) is 19.4. The molecule has 2 aromatic heterocycles. The number of piperidine rings is 1. The van der Waals surface area contributed by atoms with Crippen molar-refractivity contribution in [2.24, 2.45) is 13.0 Å². The van der Waals surface area contributed by atoms with Crippen LogP contribution in [0.25, 0.3) is 0 Å². The van der Waals surface area contributed by atoms with Crippen LogP contribution in [-0.4, -0.2) is 63.5 Å². The van der Waals surface area contributed by atoms with Gasteiger partial charge in [0.1, 0.15) is 6.61 Å². The normalized spacial score (nSPS) is 22.4. The van der Waals surface area contributed by atoms with Gasteiger partial charge in [-0.1, -0.05) is 12.1 Å². The molecule has 1 aliphatic heterocycles. The summed E-state index contributed by atoms with van der Waals surface area (Å²) in [6.07, 6.45) is 6.62. The van der Waals surface area contributed by atoms with E-state index in [1.165, 1.54) is 18.4 Å². The third kappa shape index (κ3) is 4.56. The molecule has 0 spiro atoms.